The molecule has 0 amide bonds. The Morgan fingerprint density at radius 1 is 0.254 bits per heavy atom. The molecule has 0 aliphatic heterocycles. The average molecular weight is 803 g/mol. The molecule has 0 atom stereocenters. The monoisotopic (exact) mass is 802 g/mol. The highest BCUT2D eigenvalue weighted by Gasteiger charge is 2.40. The van der Waals surface area contributed by atoms with E-state index in [0.717, 1.165) is 0 Å². The van der Waals surface area contributed by atoms with Gasteiger partial charge in [0.25, 0.3) is 0 Å². The first-order valence-electron chi connectivity index (χ1n) is 22.7. The second-order valence-electron chi connectivity index (χ2n) is 20.4. The predicted molar refractivity (Wildman–Crippen MR) is 269 cm³/mol. The van der Waals surface area contributed by atoms with Gasteiger partial charge in [-0.25, -0.2) is 0 Å². The van der Waals surface area contributed by atoms with Crippen LogP contribution in [0.1, 0.15) is 74.9 Å². The van der Waals surface area contributed by atoms with Crippen molar-refractivity contribution in [1.29, 1.82) is 0 Å². The summed E-state index contributed by atoms with van der Waals surface area (Å²) in [6, 6.07) is 65.7. The average Bonchev–Trinajstić information content (AvgIpc) is 3.79. The Labute approximate surface area is 368 Å². The number of hydrogen-bond donors (Lipinski definition) is 0. The summed E-state index contributed by atoms with van der Waals surface area (Å²) in [5, 5.41) is 13.3. The lowest BCUT2D eigenvalue weighted by Gasteiger charge is -2.23. The molecular formula is C63H46. The van der Waals surface area contributed by atoms with Gasteiger partial charge in [-0.2, -0.15) is 0 Å². The van der Waals surface area contributed by atoms with Gasteiger partial charge in [-0.05, 0) is 167 Å². The molecule has 0 aromatic heterocycles. The van der Waals surface area contributed by atoms with E-state index in [1.807, 2.05) is 0 Å². The molecule has 3 aliphatic rings. The van der Waals surface area contributed by atoms with Crippen LogP contribution >= 0.6 is 0 Å². The minimum atomic E-state index is -0.156. The molecule has 0 radical (unpaired) electrons. The fraction of sp³-hybridized carbons (Fsp3) is 0.143. The molecule has 0 bridgehead atoms. The van der Waals surface area contributed by atoms with Gasteiger partial charge in [-0.15, -0.1) is 0 Å². The van der Waals surface area contributed by atoms with E-state index in [0.29, 0.717) is 0 Å². The molecule has 11 aromatic carbocycles. The normalized spacial score (nSPS) is 15.8. The van der Waals surface area contributed by atoms with E-state index in [1.54, 1.807) is 0 Å². The molecule has 0 saturated heterocycles. The lowest BCUT2D eigenvalue weighted by molar-refractivity contribution is 0.660. The maximum absolute atomic E-state index is 2.52. The summed E-state index contributed by atoms with van der Waals surface area (Å²) in [6.07, 6.45) is 0. The van der Waals surface area contributed by atoms with Crippen LogP contribution < -0.4 is 0 Å². The zero-order valence-corrected chi connectivity index (χ0v) is 36.7. The van der Waals surface area contributed by atoms with Crippen molar-refractivity contribution in [2.45, 2.75) is 57.8 Å². The van der Waals surface area contributed by atoms with E-state index in [4.69, 9.17) is 0 Å². The van der Waals surface area contributed by atoms with Crippen molar-refractivity contribution in [3.8, 4) is 55.6 Å². The molecule has 14 rings (SSSR count). The zero-order valence-electron chi connectivity index (χ0n) is 36.7. The molecule has 0 heteroatoms. The van der Waals surface area contributed by atoms with E-state index in [9.17, 15) is 0 Å². The van der Waals surface area contributed by atoms with Crippen LogP contribution in [0.3, 0.4) is 0 Å². The van der Waals surface area contributed by atoms with Crippen molar-refractivity contribution in [3.05, 3.63) is 203 Å². The fourth-order valence-corrected chi connectivity index (χ4v) is 12.9. The van der Waals surface area contributed by atoms with Crippen LogP contribution in [0.15, 0.2) is 170 Å². The van der Waals surface area contributed by atoms with Crippen LogP contribution in [0.25, 0.3) is 109 Å². The summed E-state index contributed by atoms with van der Waals surface area (Å²) in [7, 11) is 0. The Morgan fingerprint density at radius 2 is 0.714 bits per heavy atom. The fourth-order valence-electron chi connectivity index (χ4n) is 12.9. The maximum Gasteiger partial charge on any atom is 0.0159 e. The topological polar surface area (TPSA) is 0 Å². The van der Waals surface area contributed by atoms with E-state index in [2.05, 4.69) is 211 Å². The van der Waals surface area contributed by atoms with Gasteiger partial charge in [0, 0.05) is 16.2 Å². The summed E-state index contributed by atoms with van der Waals surface area (Å²) in [5.74, 6) is 0. The zero-order chi connectivity index (χ0) is 42.3. The lowest BCUT2D eigenvalue weighted by atomic mass is 9.79. The maximum atomic E-state index is 2.52. The molecule has 0 saturated carbocycles. The van der Waals surface area contributed by atoms with E-state index in [-0.39, 0.29) is 16.2 Å². The second kappa shape index (κ2) is 11.7. The minimum absolute atomic E-state index is 0.0453. The Bertz CT molecular complexity index is 3870. The van der Waals surface area contributed by atoms with Crippen molar-refractivity contribution < 1.29 is 0 Å². The molecule has 0 spiro atoms. The van der Waals surface area contributed by atoms with Gasteiger partial charge >= 0.3 is 0 Å². The third-order valence-corrected chi connectivity index (χ3v) is 16.2. The van der Waals surface area contributed by atoms with Gasteiger partial charge < -0.3 is 0 Å². The Balaban J connectivity index is 0.926. The van der Waals surface area contributed by atoms with Gasteiger partial charge in [0.2, 0.25) is 0 Å². The molecule has 0 fully saturated rings. The summed E-state index contributed by atoms with van der Waals surface area (Å²) in [5.41, 5.74) is 21.7. The first-order valence-corrected chi connectivity index (χ1v) is 22.7. The predicted octanol–water partition coefficient (Wildman–Crippen LogP) is 17.1. The van der Waals surface area contributed by atoms with Crippen molar-refractivity contribution in [2.75, 3.05) is 0 Å². The molecule has 0 unspecified atom stereocenters. The van der Waals surface area contributed by atoms with Crippen molar-refractivity contribution in [1.82, 2.24) is 0 Å². The molecule has 11 aromatic rings. The standard InChI is InChI=1S/C63H46/c1-61(2)50-27-21-38(31-48(50)58-43-13-9-7-11-35(43)19-29-52(58)61)39-18-24-46-54(33-39)63(5,6)55-34-41-16-15-37-17-23-42(45-25-26-47(60(46)55)57(41)56(37)45)40-22-28-51-49(32-40)59-44-14-10-8-12-36(44)20-30-53(59)62(51,3)4/h7-34H,1-6H3. The SMILES string of the molecule is CC1(C)c2ccc(-c3ccc4c(c3)C(C)(C)c3cc5ccc6ccc(-c7ccc8c(c7)-c7c(ccc9ccccc79)C8(C)C)c7ccc(c3-4)c5c67)cc2-c2c1ccc1ccccc21. The van der Waals surface area contributed by atoms with Gasteiger partial charge in [0.1, 0.15) is 0 Å². The van der Waals surface area contributed by atoms with Crippen molar-refractivity contribution in [3.63, 3.8) is 0 Å². The number of benzene rings is 11. The molecule has 298 valence electrons. The van der Waals surface area contributed by atoms with Gasteiger partial charge in [0.05, 0.1) is 0 Å². The van der Waals surface area contributed by atoms with Crippen LogP contribution in [0, 0.1) is 0 Å². The first kappa shape index (κ1) is 35.6. The summed E-state index contributed by atoms with van der Waals surface area (Å²) >= 11 is 0. The van der Waals surface area contributed by atoms with Crippen LogP contribution in [-0.4, -0.2) is 0 Å². The Morgan fingerprint density at radius 3 is 1.40 bits per heavy atom. The quantitative estimate of drug-likeness (QED) is 0.153. The largest absolute Gasteiger partial charge is 0.0616 e. The Kier molecular flexibility index (Phi) is 6.61. The molecule has 63 heavy (non-hydrogen) atoms. The third-order valence-electron chi connectivity index (χ3n) is 16.2. The van der Waals surface area contributed by atoms with Crippen molar-refractivity contribution >= 4 is 53.9 Å². The highest BCUT2D eigenvalue weighted by molar-refractivity contribution is 6.28. The number of rotatable bonds is 2. The van der Waals surface area contributed by atoms with Gasteiger partial charge in [-0.3, -0.25) is 0 Å². The smallest absolute Gasteiger partial charge is 0.0159 e. The number of hydrogen-bond acceptors (Lipinski definition) is 0. The summed E-state index contributed by atoms with van der Waals surface area (Å²) in [6.45, 7) is 14.4. The minimum Gasteiger partial charge on any atom is -0.0616 e. The van der Waals surface area contributed by atoms with Gasteiger partial charge in [0.15, 0.2) is 0 Å². The van der Waals surface area contributed by atoms with E-state index >= 15 is 0 Å². The van der Waals surface area contributed by atoms with Crippen LogP contribution in [0.4, 0.5) is 0 Å². The first-order chi connectivity index (χ1) is 30.5. The summed E-state index contributed by atoms with van der Waals surface area (Å²) < 4.78 is 0. The lowest BCUT2D eigenvalue weighted by Crippen LogP contribution is -2.15. The van der Waals surface area contributed by atoms with Crippen molar-refractivity contribution in [2.24, 2.45) is 0 Å². The van der Waals surface area contributed by atoms with E-state index in [1.165, 1.54) is 143 Å². The highest BCUT2D eigenvalue weighted by atomic mass is 14.4. The van der Waals surface area contributed by atoms with Crippen LogP contribution in [0.2, 0.25) is 0 Å². The molecular weight excluding hydrogens is 757 g/mol. The van der Waals surface area contributed by atoms with Gasteiger partial charge in [-0.1, -0.05) is 187 Å². The second-order valence-corrected chi connectivity index (χ2v) is 20.4. The Hall–Kier alpha value is -7.02. The van der Waals surface area contributed by atoms with E-state index < -0.39 is 0 Å². The summed E-state index contributed by atoms with van der Waals surface area (Å²) in [4.78, 5) is 0. The van der Waals surface area contributed by atoms with Crippen LogP contribution in [0.5, 0.6) is 0 Å². The molecule has 3 aliphatic carbocycles. The third kappa shape index (κ3) is 4.41. The number of fused-ring (bicyclic) bond motifs is 14. The molecule has 0 N–H and O–H groups in total. The molecule has 0 nitrogen and oxygen atoms in total. The highest BCUT2D eigenvalue weighted by Crippen LogP contribution is 2.57. The molecule has 0 heterocycles. The van der Waals surface area contributed by atoms with Crippen LogP contribution in [-0.2, 0) is 16.2 Å².